The molecule has 1 heterocycles. The fourth-order valence-corrected chi connectivity index (χ4v) is 3.20. The number of alkyl halides is 2. The van der Waals surface area contributed by atoms with Gasteiger partial charge in [0.1, 0.15) is 5.69 Å². The number of ether oxygens (including phenoxy) is 1. The summed E-state index contributed by atoms with van der Waals surface area (Å²) in [7, 11) is 3.31. The monoisotopic (exact) mass is 312 g/mol. The highest BCUT2D eigenvalue weighted by molar-refractivity contribution is 7.98. The second kappa shape index (κ2) is 7.56. The van der Waals surface area contributed by atoms with E-state index in [1.807, 2.05) is 30.3 Å². The molecule has 0 aliphatic heterocycles. The van der Waals surface area contributed by atoms with Crippen molar-refractivity contribution >= 4 is 11.8 Å². The molecule has 2 aromatic rings. The van der Waals surface area contributed by atoms with Crippen LogP contribution in [-0.2, 0) is 17.5 Å². The quantitative estimate of drug-likeness (QED) is 0.774. The predicted molar refractivity (Wildman–Crippen MR) is 80.5 cm³/mol. The van der Waals surface area contributed by atoms with E-state index in [0.29, 0.717) is 17.1 Å². The number of thioether (sulfide) groups is 1. The molecule has 0 bridgehead atoms. The lowest BCUT2D eigenvalue weighted by Gasteiger charge is -2.15. The molecule has 0 aliphatic rings. The topological polar surface area (TPSA) is 27.1 Å². The third kappa shape index (κ3) is 4.28. The minimum atomic E-state index is -2.53. The average Bonchev–Trinajstić information content (AvgIpc) is 2.86. The highest BCUT2D eigenvalue weighted by Crippen LogP contribution is 2.27. The molecule has 3 nitrogen and oxygen atoms in total. The lowest BCUT2D eigenvalue weighted by atomic mass is 10.1. The number of aryl methyl sites for hydroxylation is 1. The van der Waals surface area contributed by atoms with E-state index in [1.165, 1.54) is 4.68 Å². The van der Waals surface area contributed by atoms with Crippen molar-refractivity contribution in [2.75, 3.05) is 12.9 Å². The lowest BCUT2D eigenvalue weighted by molar-refractivity contribution is 0.123. The maximum absolute atomic E-state index is 12.8. The summed E-state index contributed by atoms with van der Waals surface area (Å²) in [6.07, 6.45) is -0.921. The number of hydrogen-bond acceptors (Lipinski definition) is 3. The fraction of sp³-hybridized carbons (Fsp3) is 0.400. The maximum Gasteiger partial charge on any atom is 0.282 e. The van der Waals surface area contributed by atoms with Crippen LogP contribution in [0.25, 0.3) is 0 Å². The summed E-state index contributed by atoms with van der Waals surface area (Å²) >= 11 is 1.57. The van der Waals surface area contributed by atoms with Gasteiger partial charge >= 0.3 is 0 Å². The van der Waals surface area contributed by atoms with Crippen LogP contribution in [0.5, 0.6) is 0 Å². The van der Waals surface area contributed by atoms with Crippen LogP contribution in [0.3, 0.4) is 0 Å². The van der Waals surface area contributed by atoms with Gasteiger partial charge in [0.2, 0.25) is 0 Å². The Labute approximate surface area is 127 Å². The van der Waals surface area contributed by atoms with Crippen molar-refractivity contribution in [1.29, 1.82) is 0 Å². The molecule has 2 rings (SSSR count). The molecule has 1 aromatic heterocycles. The molecule has 0 saturated carbocycles. The third-order valence-corrected chi connectivity index (χ3v) is 4.18. The van der Waals surface area contributed by atoms with Crippen LogP contribution in [0.15, 0.2) is 36.5 Å². The number of rotatable bonds is 7. The molecule has 0 aliphatic carbocycles. The smallest absolute Gasteiger partial charge is 0.282 e. The van der Waals surface area contributed by atoms with Crippen LogP contribution in [0.2, 0.25) is 0 Å². The van der Waals surface area contributed by atoms with E-state index in [4.69, 9.17) is 4.74 Å². The first-order valence-electron chi connectivity index (χ1n) is 6.58. The molecule has 21 heavy (non-hydrogen) atoms. The van der Waals surface area contributed by atoms with Crippen molar-refractivity contribution in [3.63, 3.8) is 0 Å². The zero-order valence-electron chi connectivity index (χ0n) is 12.0. The number of halogens is 2. The number of methoxy groups -OCH3 is 1. The molecular formula is C15H18F2N2OS. The maximum atomic E-state index is 12.8. The van der Waals surface area contributed by atoms with Crippen LogP contribution in [-0.4, -0.2) is 22.6 Å². The molecule has 114 valence electrons. The summed E-state index contributed by atoms with van der Waals surface area (Å²) < 4.78 is 32.6. The van der Waals surface area contributed by atoms with Gasteiger partial charge in [-0.2, -0.15) is 16.9 Å². The molecule has 0 N–H and O–H groups in total. The highest BCUT2D eigenvalue weighted by atomic mass is 32.2. The van der Waals surface area contributed by atoms with E-state index < -0.39 is 6.43 Å². The fourth-order valence-electron chi connectivity index (χ4n) is 2.09. The predicted octanol–water partition coefficient (Wildman–Crippen LogP) is 3.98. The lowest BCUT2D eigenvalue weighted by Crippen LogP contribution is -2.04. The Morgan fingerprint density at radius 1 is 1.29 bits per heavy atom. The van der Waals surface area contributed by atoms with Gasteiger partial charge in [-0.05, 0) is 5.56 Å². The second-order valence-corrected chi connectivity index (χ2v) is 5.69. The van der Waals surface area contributed by atoms with Crippen molar-refractivity contribution in [2.24, 2.45) is 7.05 Å². The molecule has 0 fully saturated rings. The Morgan fingerprint density at radius 2 is 2.00 bits per heavy atom. The van der Waals surface area contributed by atoms with Crippen LogP contribution in [0.1, 0.15) is 29.4 Å². The Kier molecular flexibility index (Phi) is 5.76. The van der Waals surface area contributed by atoms with E-state index in [0.717, 1.165) is 5.56 Å². The van der Waals surface area contributed by atoms with Gasteiger partial charge in [0.05, 0.1) is 6.10 Å². The van der Waals surface area contributed by atoms with Gasteiger partial charge in [-0.25, -0.2) is 8.78 Å². The molecule has 0 radical (unpaired) electrons. The van der Waals surface area contributed by atoms with Gasteiger partial charge in [0.25, 0.3) is 6.43 Å². The van der Waals surface area contributed by atoms with Gasteiger partial charge in [-0.1, -0.05) is 30.3 Å². The average molecular weight is 312 g/mol. The van der Waals surface area contributed by atoms with Crippen LogP contribution in [0, 0.1) is 0 Å². The van der Waals surface area contributed by atoms with Crippen molar-refractivity contribution in [1.82, 2.24) is 9.78 Å². The number of aromatic nitrogens is 2. The Hall–Kier alpha value is -1.40. The number of hydrogen-bond donors (Lipinski definition) is 0. The molecule has 0 saturated heterocycles. The zero-order valence-corrected chi connectivity index (χ0v) is 12.8. The second-order valence-electron chi connectivity index (χ2n) is 4.66. The van der Waals surface area contributed by atoms with E-state index in [-0.39, 0.29) is 11.8 Å². The summed E-state index contributed by atoms with van der Waals surface area (Å²) in [5, 5.41) is 3.81. The summed E-state index contributed by atoms with van der Waals surface area (Å²) in [5.41, 5.74) is 1.55. The van der Waals surface area contributed by atoms with Crippen LogP contribution >= 0.6 is 11.8 Å². The first-order chi connectivity index (χ1) is 10.1. The summed E-state index contributed by atoms with van der Waals surface area (Å²) in [5.74, 6) is 1.21. The van der Waals surface area contributed by atoms with Gasteiger partial charge in [0.15, 0.2) is 0 Å². The summed E-state index contributed by atoms with van der Waals surface area (Å²) in [4.78, 5) is 0. The van der Waals surface area contributed by atoms with E-state index >= 15 is 0 Å². The molecule has 1 unspecified atom stereocenters. The van der Waals surface area contributed by atoms with E-state index in [2.05, 4.69) is 5.10 Å². The van der Waals surface area contributed by atoms with Gasteiger partial charge in [0, 0.05) is 37.4 Å². The normalized spacial score (nSPS) is 12.8. The summed E-state index contributed by atoms with van der Waals surface area (Å²) in [6.45, 7) is 0. The zero-order chi connectivity index (χ0) is 15.2. The van der Waals surface area contributed by atoms with Crippen LogP contribution < -0.4 is 0 Å². The molecular weight excluding hydrogens is 294 g/mol. The summed E-state index contributed by atoms with van der Waals surface area (Å²) in [6, 6.07) is 9.88. The molecule has 1 aromatic carbocycles. The Balaban J connectivity index is 1.94. The minimum absolute atomic E-state index is 0.0390. The number of benzene rings is 1. The Bertz CT molecular complexity index is 560. The van der Waals surface area contributed by atoms with Crippen molar-refractivity contribution < 1.29 is 13.5 Å². The first-order valence-corrected chi connectivity index (χ1v) is 7.73. The molecule has 1 atom stereocenters. The van der Waals surface area contributed by atoms with Crippen molar-refractivity contribution in [3.05, 3.63) is 53.3 Å². The molecule has 6 heteroatoms. The third-order valence-electron chi connectivity index (χ3n) is 3.13. The standard InChI is InChI=1S/C15H18F2N2OS/c1-19-8-12(14(18-19)15(16)17)9-21-10-13(20-2)11-6-4-3-5-7-11/h3-8,13,15H,9-10H2,1-2H3. The largest absolute Gasteiger partial charge is 0.376 e. The van der Waals surface area contributed by atoms with Crippen molar-refractivity contribution in [2.45, 2.75) is 18.3 Å². The Morgan fingerprint density at radius 3 is 2.62 bits per heavy atom. The SMILES string of the molecule is COC(CSCc1cn(C)nc1C(F)F)c1ccccc1. The van der Waals surface area contributed by atoms with Crippen molar-refractivity contribution in [3.8, 4) is 0 Å². The van der Waals surface area contributed by atoms with Gasteiger partial charge in [-0.15, -0.1) is 0 Å². The molecule has 0 amide bonds. The molecule has 0 spiro atoms. The van der Waals surface area contributed by atoms with E-state index in [1.54, 1.807) is 32.1 Å². The van der Waals surface area contributed by atoms with Crippen LogP contribution in [0.4, 0.5) is 8.78 Å². The number of nitrogens with zero attached hydrogens (tertiary/aromatic N) is 2. The minimum Gasteiger partial charge on any atom is -0.376 e. The van der Waals surface area contributed by atoms with Gasteiger partial charge in [-0.3, -0.25) is 4.68 Å². The first kappa shape index (κ1) is 16.0. The highest BCUT2D eigenvalue weighted by Gasteiger charge is 2.18. The van der Waals surface area contributed by atoms with Gasteiger partial charge < -0.3 is 4.74 Å². The van der Waals surface area contributed by atoms with E-state index in [9.17, 15) is 8.78 Å².